The summed E-state index contributed by atoms with van der Waals surface area (Å²) in [6, 6.07) is 13.5. The van der Waals surface area contributed by atoms with Crippen molar-refractivity contribution in [1.82, 2.24) is 10.2 Å². The molecule has 27 heavy (non-hydrogen) atoms. The van der Waals surface area contributed by atoms with Gasteiger partial charge in [0.05, 0.1) is 18.0 Å². The molecule has 0 unspecified atom stereocenters. The number of nitrogens with one attached hydrogen (secondary N) is 1. The number of ether oxygens (including phenoxy) is 1. The van der Waals surface area contributed by atoms with Crippen LogP contribution < -0.4 is 10.1 Å². The Bertz CT molecular complexity index is 955. The van der Waals surface area contributed by atoms with Crippen LogP contribution in [-0.2, 0) is 4.79 Å². The number of aromatic nitrogens is 2. The van der Waals surface area contributed by atoms with E-state index in [1.54, 1.807) is 14.0 Å². The first-order chi connectivity index (χ1) is 13.0. The summed E-state index contributed by atoms with van der Waals surface area (Å²) in [5, 5.41) is 10.9. The number of thioether (sulfide) groups is 1. The molecule has 1 aromatic heterocycles. The largest absolute Gasteiger partial charge is 0.495 e. The number of nitrogens with zero attached hydrogens (tertiary/aromatic N) is 2. The highest BCUT2D eigenvalue weighted by Gasteiger charge is 2.20. The zero-order chi connectivity index (χ0) is 19.4. The number of hydrogen-bond donors (Lipinski definition) is 1. The van der Waals surface area contributed by atoms with Crippen molar-refractivity contribution in [2.24, 2.45) is 0 Å². The molecule has 0 saturated carbocycles. The summed E-state index contributed by atoms with van der Waals surface area (Å²) in [4.78, 5) is 12.5. The third-order valence-electron chi connectivity index (χ3n) is 3.93. The van der Waals surface area contributed by atoms with Crippen molar-refractivity contribution in [3.8, 4) is 17.2 Å². The Morgan fingerprint density at radius 2 is 1.93 bits per heavy atom. The second kappa shape index (κ2) is 8.26. The van der Waals surface area contributed by atoms with Gasteiger partial charge in [0, 0.05) is 5.56 Å². The molecule has 0 aliphatic rings. The second-order valence-electron chi connectivity index (χ2n) is 6.20. The molecular formula is C20H21N3O3S. The van der Waals surface area contributed by atoms with Gasteiger partial charge < -0.3 is 14.5 Å². The molecule has 0 aliphatic carbocycles. The van der Waals surface area contributed by atoms with Crippen molar-refractivity contribution in [3.63, 3.8) is 0 Å². The SMILES string of the molecule is COc1ccc(C)cc1NC(=O)[C@@H](C)Sc1nnc(-c2cccc(C)c2)o1. The Morgan fingerprint density at radius 3 is 2.67 bits per heavy atom. The predicted molar refractivity (Wildman–Crippen MR) is 106 cm³/mol. The summed E-state index contributed by atoms with van der Waals surface area (Å²) in [5.41, 5.74) is 3.64. The number of hydrogen-bond acceptors (Lipinski definition) is 6. The molecular weight excluding hydrogens is 362 g/mol. The van der Waals surface area contributed by atoms with Crippen LogP contribution in [0.1, 0.15) is 18.1 Å². The smallest absolute Gasteiger partial charge is 0.277 e. The van der Waals surface area contributed by atoms with Crippen molar-refractivity contribution in [2.75, 3.05) is 12.4 Å². The van der Waals surface area contributed by atoms with Gasteiger partial charge in [-0.3, -0.25) is 4.79 Å². The first-order valence-electron chi connectivity index (χ1n) is 8.49. The summed E-state index contributed by atoms with van der Waals surface area (Å²) in [5.74, 6) is 0.888. The number of methoxy groups -OCH3 is 1. The molecule has 3 aromatic rings. The van der Waals surface area contributed by atoms with Crippen LogP contribution in [-0.4, -0.2) is 28.5 Å². The summed E-state index contributed by atoms with van der Waals surface area (Å²) in [6.07, 6.45) is 0. The van der Waals surface area contributed by atoms with Crippen LogP contribution in [0.2, 0.25) is 0 Å². The van der Waals surface area contributed by atoms with Gasteiger partial charge in [-0.15, -0.1) is 10.2 Å². The van der Waals surface area contributed by atoms with Gasteiger partial charge in [-0.05, 0) is 50.6 Å². The standard InChI is InChI=1S/C20H21N3O3S/c1-12-6-5-7-15(10-12)19-22-23-20(26-19)27-14(3)18(24)21-16-11-13(2)8-9-17(16)25-4/h5-11,14H,1-4H3,(H,21,24)/t14-/m1/s1. The third kappa shape index (κ3) is 4.68. The average Bonchev–Trinajstić information content (AvgIpc) is 3.10. The average molecular weight is 383 g/mol. The van der Waals surface area contributed by atoms with E-state index in [0.29, 0.717) is 22.6 Å². The number of carbonyl (C=O) groups excluding carboxylic acids is 1. The monoisotopic (exact) mass is 383 g/mol. The molecule has 1 heterocycles. The van der Waals surface area contributed by atoms with Crippen LogP contribution in [0.15, 0.2) is 52.1 Å². The van der Waals surface area contributed by atoms with Crippen LogP contribution in [0.3, 0.4) is 0 Å². The molecule has 140 valence electrons. The fourth-order valence-electron chi connectivity index (χ4n) is 2.51. The van der Waals surface area contributed by atoms with Gasteiger partial charge in [0.15, 0.2) is 0 Å². The Labute approximate surface area is 162 Å². The second-order valence-corrected chi connectivity index (χ2v) is 7.49. The fourth-order valence-corrected chi connectivity index (χ4v) is 3.19. The first kappa shape index (κ1) is 19.0. The van der Waals surface area contributed by atoms with Gasteiger partial charge in [-0.2, -0.15) is 0 Å². The van der Waals surface area contributed by atoms with Crippen molar-refractivity contribution in [1.29, 1.82) is 0 Å². The maximum atomic E-state index is 12.5. The zero-order valence-corrected chi connectivity index (χ0v) is 16.5. The highest BCUT2D eigenvalue weighted by molar-refractivity contribution is 8.00. The van der Waals surface area contributed by atoms with Crippen LogP contribution >= 0.6 is 11.8 Å². The minimum absolute atomic E-state index is 0.167. The maximum Gasteiger partial charge on any atom is 0.277 e. The third-order valence-corrected chi connectivity index (χ3v) is 4.87. The first-order valence-corrected chi connectivity index (χ1v) is 9.37. The lowest BCUT2D eigenvalue weighted by molar-refractivity contribution is -0.115. The lowest BCUT2D eigenvalue weighted by atomic mass is 10.1. The highest BCUT2D eigenvalue weighted by atomic mass is 32.2. The molecule has 0 aliphatic heterocycles. The number of carbonyl (C=O) groups is 1. The minimum Gasteiger partial charge on any atom is -0.495 e. The van der Waals surface area contributed by atoms with Crippen molar-refractivity contribution >= 4 is 23.4 Å². The molecule has 7 heteroatoms. The van der Waals surface area contributed by atoms with Crippen molar-refractivity contribution < 1.29 is 13.9 Å². The van der Waals surface area contributed by atoms with Crippen LogP contribution in [0.5, 0.6) is 5.75 Å². The van der Waals surface area contributed by atoms with E-state index in [-0.39, 0.29) is 5.91 Å². The van der Waals surface area contributed by atoms with Gasteiger partial charge in [0.1, 0.15) is 5.75 Å². The summed E-state index contributed by atoms with van der Waals surface area (Å²) in [7, 11) is 1.57. The normalized spacial score (nSPS) is 11.9. The molecule has 1 N–H and O–H groups in total. The number of anilines is 1. The summed E-state index contributed by atoms with van der Waals surface area (Å²) < 4.78 is 11.0. The Morgan fingerprint density at radius 1 is 1.15 bits per heavy atom. The lowest BCUT2D eigenvalue weighted by Crippen LogP contribution is -2.22. The van der Waals surface area contributed by atoms with Crippen LogP contribution in [0, 0.1) is 13.8 Å². The van der Waals surface area contributed by atoms with Gasteiger partial charge in [-0.1, -0.05) is 35.5 Å². The van der Waals surface area contributed by atoms with E-state index in [1.807, 2.05) is 56.3 Å². The minimum atomic E-state index is -0.416. The molecule has 0 saturated heterocycles. The van der Waals surface area contributed by atoms with E-state index in [4.69, 9.17) is 9.15 Å². The van der Waals surface area contributed by atoms with E-state index >= 15 is 0 Å². The molecule has 6 nitrogen and oxygen atoms in total. The van der Waals surface area contributed by atoms with Crippen LogP contribution in [0.25, 0.3) is 11.5 Å². The van der Waals surface area contributed by atoms with Gasteiger partial charge in [-0.25, -0.2) is 0 Å². The van der Waals surface area contributed by atoms with Gasteiger partial charge in [0.25, 0.3) is 5.22 Å². The van der Waals surface area contributed by atoms with Crippen molar-refractivity contribution in [2.45, 2.75) is 31.2 Å². The highest BCUT2D eigenvalue weighted by Crippen LogP contribution is 2.29. The molecule has 0 bridgehead atoms. The maximum absolute atomic E-state index is 12.5. The zero-order valence-electron chi connectivity index (χ0n) is 15.6. The molecule has 2 aromatic carbocycles. The Hall–Kier alpha value is -2.80. The number of rotatable bonds is 6. The lowest BCUT2D eigenvalue weighted by Gasteiger charge is -2.13. The molecule has 1 atom stereocenters. The fraction of sp³-hybridized carbons (Fsp3) is 0.250. The Kier molecular flexibility index (Phi) is 5.81. The molecule has 0 spiro atoms. The topological polar surface area (TPSA) is 77.2 Å². The number of aryl methyl sites for hydroxylation is 2. The predicted octanol–water partition coefficient (Wildman–Crippen LogP) is 4.48. The van der Waals surface area contributed by atoms with E-state index in [2.05, 4.69) is 15.5 Å². The van der Waals surface area contributed by atoms with Crippen LogP contribution in [0.4, 0.5) is 5.69 Å². The van der Waals surface area contributed by atoms with E-state index < -0.39 is 5.25 Å². The molecule has 1 amide bonds. The van der Waals surface area contributed by atoms with Gasteiger partial charge in [0.2, 0.25) is 11.8 Å². The molecule has 0 fully saturated rings. The Balaban J connectivity index is 1.68. The van der Waals surface area contributed by atoms with Gasteiger partial charge >= 0.3 is 0 Å². The summed E-state index contributed by atoms with van der Waals surface area (Å²) in [6.45, 7) is 5.75. The van der Waals surface area contributed by atoms with Crippen molar-refractivity contribution in [3.05, 3.63) is 53.6 Å². The van der Waals surface area contributed by atoms with E-state index in [1.165, 1.54) is 11.8 Å². The number of benzene rings is 2. The summed E-state index contributed by atoms with van der Waals surface area (Å²) >= 11 is 1.22. The quantitative estimate of drug-likeness (QED) is 0.632. The molecule has 3 rings (SSSR count). The number of amides is 1. The van der Waals surface area contributed by atoms with E-state index in [9.17, 15) is 4.79 Å². The van der Waals surface area contributed by atoms with E-state index in [0.717, 1.165) is 16.7 Å². The molecule has 0 radical (unpaired) electrons.